The summed E-state index contributed by atoms with van der Waals surface area (Å²) in [6.45, 7) is 4.69. The fourth-order valence-corrected chi connectivity index (χ4v) is 1.62. The summed E-state index contributed by atoms with van der Waals surface area (Å²) in [7, 11) is 0. The average molecular weight is 156 g/mol. The zero-order valence-electron chi connectivity index (χ0n) is 7.30. The van der Waals surface area contributed by atoms with Gasteiger partial charge in [-0.2, -0.15) is 9.59 Å². The van der Waals surface area contributed by atoms with Crippen LogP contribution in [0.3, 0.4) is 0 Å². The third kappa shape index (κ3) is 4.74. The second-order valence-corrected chi connectivity index (χ2v) is 3.37. The Morgan fingerprint density at radius 3 is 1.73 bits per heavy atom. The summed E-state index contributed by atoms with van der Waals surface area (Å²) in [5.41, 5.74) is 0. The number of hydrogen-bond donors (Lipinski definition) is 0. The molecule has 2 heteroatoms. The van der Waals surface area contributed by atoms with Crippen molar-refractivity contribution < 1.29 is 9.59 Å². The summed E-state index contributed by atoms with van der Waals surface area (Å²) in [6.07, 6.45) is 6.22. The molecule has 0 bridgehead atoms. The molecule has 0 aromatic carbocycles. The lowest BCUT2D eigenvalue weighted by Gasteiger charge is -2.11. The molecule has 0 N–H and O–H groups in total. The van der Waals surface area contributed by atoms with Crippen LogP contribution in [0.1, 0.15) is 39.5 Å². The zero-order chi connectivity index (χ0) is 8.69. The topological polar surface area (TPSA) is 34.1 Å². The van der Waals surface area contributed by atoms with Gasteiger partial charge in [0, 0.05) is 0 Å². The first-order valence-electron chi connectivity index (χ1n) is 4.21. The minimum atomic E-state index is 0.250. The summed E-state index contributed by atoms with van der Waals surface area (Å²) >= 11 is 0. The van der Waals surface area contributed by atoms with Gasteiger partial charge in [-0.1, -0.05) is 39.5 Å². The molecular formula is C9H16O2. The summed E-state index contributed by atoms with van der Waals surface area (Å²) in [5, 5.41) is 0. The van der Waals surface area contributed by atoms with Gasteiger partial charge >= 0.3 is 6.15 Å². The molecule has 1 saturated carbocycles. The van der Waals surface area contributed by atoms with Crippen LogP contribution < -0.4 is 0 Å². The molecule has 0 unspecified atom stereocenters. The van der Waals surface area contributed by atoms with Gasteiger partial charge in [-0.15, -0.1) is 0 Å². The molecule has 64 valence electrons. The fourth-order valence-electron chi connectivity index (χ4n) is 1.62. The summed E-state index contributed by atoms with van der Waals surface area (Å²) in [5.74, 6) is 2.01. The lowest BCUT2D eigenvalue weighted by atomic mass is 9.95. The number of rotatable bonds is 1. The van der Waals surface area contributed by atoms with Crippen molar-refractivity contribution in [2.45, 2.75) is 39.5 Å². The van der Waals surface area contributed by atoms with Gasteiger partial charge in [-0.25, -0.2) is 0 Å². The van der Waals surface area contributed by atoms with Crippen molar-refractivity contribution in [2.24, 2.45) is 11.8 Å². The van der Waals surface area contributed by atoms with Crippen molar-refractivity contribution in [3.05, 3.63) is 0 Å². The first-order chi connectivity index (χ1) is 5.22. The molecule has 2 nitrogen and oxygen atoms in total. The highest BCUT2D eigenvalue weighted by molar-refractivity contribution is 5.20. The van der Waals surface area contributed by atoms with Crippen LogP contribution in [0.4, 0.5) is 0 Å². The van der Waals surface area contributed by atoms with Crippen LogP contribution in [0, 0.1) is 11.8 Å². The maximum Gasteiger partial charge on any atom is 0.373 e. The van der Waals surface area contributed by atoms with E-state index < -0.39 is 0 Å². The van der Waals surface area contributed by atoms with Crippen LogP contribution in [0.2, 0.25) is 0 Å². The van der Waals surface area contributed by atoms with Crippen molar-refractivity contribution in [1.29, 1.82) is 0 Å². The van der Waals surface area contributed by atoms with Crippen LogP contribution in [-0.2, 0) is 9.59 Å². The second-order valence-electron chi connectivity index (χ2n) is 3.37. The van der Waals surface area contributed by atoms with E-state index in [9.17, 15) is 0 Å². The van der Waals surface area contributed by atoms with Crippen LogP contribution in [0.15, 0.2) is 0 Å². The van der Waals surface area contributed by atoms with Gasteiger partial charge in [0.05, 0.1) is 0 Å². The Kier molecular flexibility index (Phi) is 5.77. The van der Waals surface area contributed by atoms with Crippen LogP contribution >= 0.6 is 0 Å². The number of hydrogen-bond acceptors (Lipinski definition) is 2. The molecule has 0 aromatic heterocycles. The normalized spacial score (nSPS) is 17.4. The van der Waals surface area contributed by atoms with Crippen LogP contribution in [0.5, 0.6) is 0 Å². The second kappa shape index (κ2) is 6.11. The molecule has 1 fully saturated rings. The van der Waals surface area contributed by atoms with Gasteiger partial charge < -0.3 is 0 Å². The van der Waals surface area contributed by atoms with Gasteiger partial charge in [0.2, 0.25) is 0 Å². The molecular weight excluding hydrogens is 140 g/mol. The van der Waals surface area contributed by atoms with Gasteiger partial charge in [-0.3, -0.25) is 0 Å². The van der Waals surface area contributed by atoms with E-state index in [1.54, 1.807) is 0 Å². The Morgan fingerprint density at radius 2 is 1.55 bits per heavy atom. The van der Waals surface area contributed by atoms with E-state index in [1.165, 1.54) is 25.7 Å². The predicted octanol–water partition coefficient (Wildman–Crippen LogP) is 2.25. The van der Waals surface area contributed by atoms with Gasteiger partial charge in [0.25, 0.3) is 0 Å². The molecule has 0 saturated heterocycles. The van der Waals surface area contributed by atoms with E-state index in [4.69, 9.17) is 9.59 Å². The van der Waals surface area contributed by atoms with Crippen molar-refractivity contribution >= 4 is 6.15 Å². The number of carbonyl (C=O) groups excluding carboxylic acids is 2. The van der Waals surface area contributed by atoms with Crippen LogP contribution in [0.25, 0.3) is 0 Å². The molecule has 1 aliphatic carbocycles. The lowest BCUT2D eigenvalue weighted by molar-refractivity contribution is -0.191. The monoisotopic (exact) mass is 156 g/mol. The molecule has 1 aliphatic rings. The third-order valence-electron chi connectivity index (χ3n) is 2.34. The van der Waals surface area contributed by atoms with E-state index in [-0.39, 0.29) is 6.15 Å². The predicted molar refractivity (Wildman–Crippen MR) is 41.8 cm³/mol. The van der Waals surface area contributed by atoms with Crippen molar-refractivity contribution in [3.8, 4) is 0 Å². The highest BCUT2D eigenvalue weighted by atomic mass is 16.2. The molecule has 0 amide bonds. The maximum atomic E-state index is 8.12. The Hall–Kier alpha value is -0.620. The van der Waals surface area contributed by atoms with Crippen molar-refractivity contribution in [1.82, 2.24) is 0 Å². The molecule has 0 atom stereocenters. The molecule has 0 heterocycles. The third-order valence-corrected chi connectivity index (χ3v) is 2.34. The molecule has 11 heavy (non-hydrogen) atoms. The lowest BCUT2D eigenvalue weighted by Crippen LogP contribution is -2.01. The molecule has 0 aliphatic heterocycles. The van der Waals surface area contributed by atoms with Crippen molar-refractivity contribution in [3.63, 3.8) is 0 Å². The highest BCUT2D eigenvalue weighted by Crippen LogP contribution is 2.30. The minimum absolute atomic E-state index is 0.250. The Bertz CT molecular complexity index is 118. The van der Waals surface area contributed by atoms with E-state index in [0.29, 0.717) is 0 Å². The summed E-state index contributed by atoms with van der Waals surface area (Å²) in [6, 6.07) is 0. The Morgan fingerprint density at radius 1 is 1.18 bits per heavy atom. The summed E-state index contributed by atoms with van der Waals surface area (Å²) in [4.78, 5) is 16.2. The first-order valence-corrected chi connectivity index (χ1v) is 4.21. The van der Waals surface area contributed by atoms with Gasteiger partial charge in [0.1, 0.15) is 0 Å². The minimum Gasteiger partial charge on any atom is -0.186 e. The van der Waals surface area contributed by atoms with E-state index in [0.717, 1.165) is 11.8 Å². The zero-order valence-corrected chi connectivity index (χ0v) is 7.30. The molecule has 0 spiro atoms. The van der Waals surface area contributed by atoms with E-state index in [1.807, 2.05) is 0 Å². The molecule has 1 rings (SSSR count). The van der Waals surface area contributed by atoms with E-state index >= 15 is 0 Å². The Labute approximate surface area is 68.0 Å². The molecule has 0 radical (unpaired) electrons. The Balaban J connectivity index is 0.000000292. The standard InChI is InChI=1S/C8H16.CO2/c1-7(2)8-5-3-4-6-8;2-1-3/h7-8H,3-6H2,1-2H3;. The fraction of sp³-hybridized carbons (Fsp3) is 0.889. The van der Waals surface area contributed by atoms with Crippen LogP contribution in [-0.4, -0.2) is 6.15 Å². The quantitative estimate of drug-likeness (QED) is 0.583. The van der Waals surface area contributed by atoms with E-state index in [2.05, 4.69) is 13.8 Å². The first kappa shape index (κ1) is 10.4. The smallest absolute Gasteiger partial charge is 0.186 e. The molecule has 0 aromatic rings. The van der Waals surface area contributed by atoms with Gasteiger partial charge in [-0.05, 0) is 11.8 Å². The largest absolute Gasteiger partial charge is 0.373 e. The van der Waals surface area contributed by atoms with Crippen molar-refractivity contribution in [2.75, 3.05) is 0 Å². The highest BCUT2D eigenvalue weighted by Gasteiger charge is 2.17. The summed E-state index contributed by atoms with van der Waals surface area (Å²) < 4.78 is 0. The SMILES string of the molecule is CC(C)C1CCCC1.O=C=O. The van der Waals surface area contributed by atoms with Gasteiger partial charge in [0.15, 0.2) is 0 Å². The average Bonchev–Trinajstić information content (AvgIpc) is 2.38. The maximum absolute atomic E-state index is 8.12.